The third-order valence-electron chi connectivity index (χ3n) is 4.32. The van der Waals surface area contributed by atoms with E-state index in [2.05, 4.69) is 15.5 Å². The van der Waals surface area contributed by atoms with E-state index in [1.54, 1.807) is 12.0 Å². The van der Waals surface area contributed by atoms with E-state index in [-0.39, 0.29) is 24.5 Å². The van der Waals surface area contributed by atoms with Crippen molar-refractivity contribution in [3.63, 3.8) is 0 Å². The zero-order valence-corrected chi connectivity index (χ0v) is 17.2. The summed E-state index contributed by atoms with van der Waals surface area (Å²) in [4.78, 5) is 17.9. The first kappa shape index (κ1) is 21.6. The van der Waals surface area contributed by atoms with Gasteiger partial charge in [0.25, 0.3) is 0 Å². The minimum atomic E-state index is -3.41. The summed E-state index contributed by atoms with van der Waals surface area (Å²) in [5, 5.41) is 6.69. The van der Waals surface area contributed by atoms with Crippen molar-refractivity contribution in [1.82, 2.24) is 24.7 Å². The Morgan fingerprint density at radius 1 is 1.44 bits per heavy atom. The number of ether oxygens (including phenoxy) is 1. The zero-order chi connectivity index (χ0) is 20.0. The quantitative estimate of drug-likeness (QED) is 0.563. The van der Waals surface area contributed by atoms with Crippen molar-refractivity contribution in [3.05, 3.63) is 11.7 Å². The molecule has 2 amide bonds. The Kier molecular flexibility index (Phi) is 7.57. The van der Waals surface area contributed by atoms with Crippen molar-refractivity contribution in [2.45, 2.75) is 38.6 Å². The second-order valence-electron chi connectivity index (χ2n) is 6.96. The van der Waals surface area contributed by atoms with Gasteiger partial charge in [0.05, 0.1) is 12.3 Å². The maximum Gasteiger partial charge on any atom is 0.317 e. The smallest absolute Gasteiger partial charge is 0.317 e. The Labute approximate surface area is 160 Å². The molecule has 0 aliphatic carbocycles. The standard InChI is InChI=1S/C16H29N5O5S/c1-12(2)15-18-14(19-26-15)6-8-21(27(4,23)24)13-10-20(11-13)16(22)17-7-5-9-25-3/h12-13H,5-11H2,1-4H3,(H,17,22). The summed E-state index contributed by atoms with van der Waals surface area (Å²) >= 11 is 0. The SMILES string of the molecule is COCCCNC(=O)N1CC(N(CCc2noc(C(C)C)n2)S(C)(=O)=O)C1. The van der Waals surface area contributed by atoms with Crippen LogP contribution in [0.3, 0.4) is 0 Å². The fourth-order valence-corrected chi connectivity index (χ4v) is 3.86. The molecule has 1 fully saturated rings. The van der Waals surface area contributed by atoms with E-state index in [4.69, 9.17) is 9.26 Å². The Morgan fingerprint density at radius 2 is 2.15 bits per heavy atom. The van der Waals surface area contributed by atoms with E-state index in [0.717, 1.165) is 6.42 Å². The molecule has 1 aliphatic rings. The predicted molar refractivity (Wildman–Crippen MR) is 98.9 cm³/mol. The molecule has 0 aromatic carbocycles. The van der Waals surface area contributed by atoms with E-state index in [1.807, 2.05) is 13.8 Å². The molecule has 1 aromatic rings. The highest BCUT2D eigenvalue weighted by Crippen LogP contribution is 2.19. The van der Waals surface area contributed by atoms with Crippen LogP contribution in [0.15, 0.2) is 4.52 Å². The predicted octanol–water partition coefficient (Wildman–Crippen LogP) is 0.427. The highest BCUT2D eigenvalue weighted by Gasteiger charge is 2.38. The summed E-state index contributed by atoms with van der Waals surface area (Å²) in [5.41, 5.74) is 0. The van der Waals surface area contributed by atoms with Crippen LogP contribution in [0.4, 0.5) is 4.79 Å². The van der Waals surface area contributed by atoms with Gasteiger partial charge >= 0.3 is 6.03 Å². The highest BCUT2D eigenvalue weighted by atomic mass is 32.2. The molecule has 2 rings (SSSR count). The normalized spacial score (nSPS) is 15.4. The molecule has 0 bridgehead atoms. The molecule has 154 valence electrons. The molecular formula is C16H29N5O5S. The lowest BCUT2D eigenvalue weighted by molar-refractivity contribution is 0.101. The summed E-state index contributed by atoms with van der Waals surface area (Å²) in [5.74, 6) is 1.15. The van der Waals surface area contributed by atoms with E-state index in [0.29, 0.717) is 44.4 Å². The molecule has 0 unspecified atom stereocenters. The maximum atomic E-state index is 12.1. The van der Waals surface area contributed by atoms with Crippen LogP contribution < -0.4 is 5.32 Å². The van der Waals surface area contributed by atoms with Crippen LogP contribution in [0.1, 0.15) is 37.9 Å². The van der Waals surface area contributed by atoms with Crippen LogP contribution >= 0.6 is 0 Å². The van der Waals surface area contributed by atoms with Gasteiger partial charge in [-0.05, 0) is 6.42 Å². The minimum absolute atomic E-state index is 0.125. The molecule has 1 saturated heterocycles. The van der Waals surface area contributed by atoms with Gasteiger partial charge in [-0.2, -0.15) is 9.29 Å². The third kappa shape index (κ3) is 6.15. The van der Waals surface area contributed by atoms with E-state index in [1.165, 1.54) is 10.6 Å². The zero-order valence-electron chi connectivity index (χ0n) is 16.3. The van der Waals surface area contributed by atoms with Crippen LogP contribution in [0.25, 0.3) is 0 Å². The first-order valence-electron chi connectivity index (χ1n) is 9.03. The maximum absolute atomic E-state index is 12.1. The largest absolute Gasteiger partial charge is 0.385 e. The molecule has 0 saturated carbocycles. The number of hydrogen-bond acceptors (Lipinski definition) is 7. The summed E-state index contributed by atoms with van der Waals surface area (Å²) in [6, 6.07) is -0.420. The molecular weight excluding hydrogens is 374 g/mol. The van der Waals surface area contributed by atoms with Gasteiger partial charge in [-0.25, -0.2) is 13.2 Å². The molecule has 1 aliphatic heterocycles. The Bertz CT molecular complexity index is 715. The number of carbonyl (C=O) groups excluding carboxylic acids is 1. The number of urea groups is 1. The number of methoxy groups -OCH3 is 1. The van der Waals surface area contributed by atoms with Crippen molar-refractivity contribution >= 4 is 16.1 Å². The Balaban J connectivity index is 1.84. The average molecular weight is 404 g/mol. The van der Waals surface area contributed by atoms with Gasteiger partial charge in [0.1, 0.15) is 0 Å². The molecule has 0 radical (unpaired) electrons. The molecule has 27 heavy (non-hydrogen) atoms. The fourth-order valence-electron chi connectivity index (χ4n) is 2.76. The molecule has 0 atom stereocenters. The number of carbonyl (C=O) groups is 1. The van der Waals surface area contributed by atoms with Gasteiger partial charge in [-0.15, -0.1) is 0 Å². The molecule has 10 nitrogen and oxygen atoms in total. The summed E-state index contributed by atoms with van der Waals surface area (Å²) in [6.07, 6.45) is 2.28. The Hall–Kier alpha value is -1.72. The lowest BCUT2D eigenvalue weighted by Gasteiger charge is -2.44. The molecule has 2 heterocycles. The summed E-state index contributed by atoms with van der Waals surface area (Å²) in [7, 11) is -1.79. The van der Waals surface area contributed by atoms with Crippen LogP contribution in [0, 0.1) is 0 Å². The van der Waals surface area contributed by atoms with E-state index in [9.17, 15) is 13.2 Å². The lowest BCUT2D eigenvalue weighted by atomic mass is 10.1. The number of nitrogens with zero attached hydrogens (tertiary/aromatic N) is 4. The van der Waals surface area contributed by atoms with Crippen molar-refractivity contribution < 1.29 is 22.5 Å². The number of sulfonamides is 1. The molecule has 0 spiro atoms. The number of nitrogens with one attached hydrogen (secondary N) is 1. The summed E-state index contributed by atoms with van der Waals surface area (Å²) in [6.45, 7) is 6.00. The number of likely N-dealkylation sites (tertiary alicyclic amines) is 1. The van der Waals surface area contributed by atoms with Gasteiger partial charge in [-0.1, -0.05) is 19.0 Å². The van der Waals surface area contributed by atoms with Crippen molar-refractivity contribution in [3.8, 4) is 0 Å². The second-order valence-corrected chi connectivity index (χ2v) is 8.90. The molecule has 1 aromatic heterocycles. The molecule has 11 heteroatoms. The monoisotopic (exact) mass is 403 g/mol. The van der Waals surface area contributed by atoms with Crippen LogP contribution in [0.5, 0.6) is 0 Å². The highest BCUT2D eigenvalue weighted by molar-refractivity contribution is 7.88. The number of rotatable bonds is 10. The lowest BCUT2D eigenvalue weighted by Crippen LogP contribution is -2.64. The van der Waals surface area contributed by atoms with Crippen LogP contribution in [-0.2, 0) is 21.2 Å². The first-order valence-corrected chi connectivity index (χ1v) is 10.9. The van der Waals surface area contributed by atoms with E-state index >= 15 is 0 Å². The van der Waals surface area contributed by atoms with Gasteiger partial charge in [0.15, 0.2) is 5.82 Å². The minimum Gasteiger partial charge on any atom is -0.385 e. The Morgan fingerprint density at radius 3 is 2.70 bits per heavy atom. The van der Waals surface area contributed by atoms with Crippen molar-refractivity contribution in [1.29, 1.82) is 0 Å². The van der Waals surface area contributed by atoms with Gasteiger partial charge in [0, 0.05) is 52.2 Å². The number of amides is 2. The fraction of sp³-hybridized carbons (Fsp3) is 0.812. The topological polar surface area (TPSA) is 118 Å². The second kappa shape index (κ2) is 9.47. The number of hydrogen-bond donors (Lipinski definition) is 1. The molecule has 1 N–H and O–H groups in total. The van der Waals surface area contributed by atoms with Crippen LogP contribution in [-0.4, -0.2) is 86.0 Å². The van der Waals surface area contributed by atoms with Gasteiger partial charge in [0.2, 0.25) is 15.9 Å². The first-order chi connectivity index (χ1) is 12.7. The van der Waals surface area contributed by atoms with Crippen LogP contribution in [0.2, 0.25) is 0 Å². The van der Waals surface area contributed by atoms with Gasteiger partial charge in [-0.3, -0.25) is 0 Å². The summed E-state index contributed by atoms with van der Waals surface area (Å²) < 4.78 is 35.8. The number of aromatic nitrogens is 2. The third-order valence-corrected chi connectivity index (χ3v) is 5.65. The van der Waals surface area contributed by atoms with Crippen molar-refractivity contribution in [2.24, 2.45) is 0 Å². The van der Waals surface area contributed by atoms with Crippen molar-refractivity contribution in [2.75, 3.05) is 46.2 Å². The average Bonchev–Trinajstić information content (AvgIpc) is 3.01. The van der Waals surface area contributed by atoms with E-state index < -0.39 is 10.0 Å². The van der Waals surface area contributed by atoms with Gasteiger partial charge < -0.3 is 19.5 Å².